The summed E-state index contributed by atoms with van der Waals surface area (Å²) in [5.74, 6) is -0.751. The Kier molecular flexibility index (Phi) is 6.68. The summed E-state index contributed by atoms with van der Waals surface area (Å²) in [6.07, 6.45) is 0.877. The first kappa shape index (κ1) is 24.2. The molecule has 0 saturated heterocycles. The molecule has 0 saturated carbocycles. The van der Waals surface area contributed by atoms with Crippen LogP contribution in [0, 0.1) is 16.2 Å². The highest BCUT2D eigenvalue weighted by Crippen LogP contribution is 2.64. The van der Waals surface area contributed by atoms with Gasteiger partial charge in [-0.1, -0.05) is 82.3 Å². The largest absolute Gasteiger partial charge is 0.481 e. The summed E-state index contributed by atoms with van der Waals surface area (Å²) in [6, 6.07) is 32.4. The Bertz CT molecular complexity index is 942. The Morgan fingerprint density at radius 1 is 0.656 bits per heavy atom. The van der Waals surface area contributed by atoms with Gasteiger partial charge in [-0.25, -0.2) is 0 Å². The van der Waals surface area contributed by atoms with E-state index in [-0.39, 0.29) is 5.41 Å². The van der Waals surface area contributed by atoms with Crippen LogP contribution in [-0.2, 0) is 4.79 Å². The maximum Gasteiger partial charge on any atom is 0.309 e. The maximum absolute atomic E-state index is 12.3. The van der Waals surface area contributed by atoms with Crippen molar-refractivity contribution in [3.8, 4) is 0 Å². The van der Waals surface area contributed by atoms with E-state index >= 15 is 0 Å². The molecule has 3 rings (SSSR count). The molecule has 32 heavy (non-hydrogen) atoms. The molecule has 0 aliphatic rings. The Balaban J connectivity index is 2.32. The molecule has 0 aliphatic heterocycles. The number of benzene rings is 3. The summed E-state index contributed by atoms with van der Waals surface area (Å²) in [4.78, 5) is 12.3. The molecule has 0 unspecified atom stereocenters. The Morgan fingerprint density at radius 2 is 0.969 bits per heavy atom. The van der Waals surface area contributed by atoms with Crippen LogP contribution in [0.15, 0.2) is 91.0 Å². The molecule has 1 N–H and O–H groups in total. The number of carbonyl (C=O) groups is 1. The van der Waals surface area contributed by atoms with Crippen molar-refractivity contribution in [2.24, 2.45) is 16.2 Å². The fourth-order valence-corrected chi connectivity index (χ4v) is 9.74. The molecular weight excluding hydrogens is 411 g/mol. The van der Waals surface area contributed by atoms with Crippen molar-refractivity contribution < 1.29 is 9.90 Å². The maximum atomic E-state index is 12.3. The van der Waals surface area contributed by atoms with Gasteiger partial charge in [0.1, 0.15) is 23.2 Å². The van der Waals surface area contributed by atoms with E-state index in [1.807, 2.05) is 13.8 Å². The van der Waals surface area contributed by atoms with Crippen LogP contribution in [0.4, 0.5) is 0 Å². The van der Waals surface area contributed by atoms with Crippen LogP contribution in [0.5, 0.6) is 0 Å². The van der Waals surface area contributed by atoms with E-state index in [9.17, 15) is 9.90 Å². The van der Waals surface area contributed by atoms with Crippen molar-refractivity contribution in [1.82, 2.24) is 0 Å². The standard InChI is InChI=1S/C29H35O2P/c1-27(2,29(5,6)28(3,4)26(30)31)22-32(23-16-10-7-11-17-23,24-18-12-8-13-19-24)25-20-14-9-15-21-25/h7-21H,22H2,1-6H3/p+1. The zero-order valence-corrected chi connectivity index (χ0v) is 21.1. The second-order valence-electron chi connectivity index (χ2n) is 10.4. The fraction of sp³-hybridized carbons (Fsp3) is 0.345. The van der Waals surface area contributed by atoms with Crippen LogP contribution < -0.4 is 15.9 Å². The van der Waals surface area contributed by atoms with Crippen molar-refractivity contribution >= 4 is 29.1 Å². The van der Waals surface area contributed by atoms with Crippen LogP contribution in [0.3, 0.4) is 0 Å². The lowest BCUT2D eigenvalue weighted by Gasteiger charge is -2.51. The zero-order valence-electron chi connectivity index (χ0n) is 20.2. The molecule has 0 aliphatic carbocycles. The van der Waals surface area contributed by atoms with E-state index < -0.39 is 24.1 Å². The second kappa shape index (κ2) is 8.83. The lowest BCUT2D eigenvalue weighted by atomic mass is 9.55. The molecule has 3 aromatic rings. The predicted molar refractivity (Wildman–Crippen MR) is 139 cm³/mol. The van der Waals surface area contributed by atoms with Crippen LogP contribution in [0.1, 0.15) is 41.5 Å². The first-order chi connectivity index (χ1) is 15.0. The van der Waals surface area contributed by atoms with Gasteiger partial charge in [0.05, 0.1) is 11.6 Å². The van der Waals surface area contributed by atoms with E-state index in [4.69, 9.17) is 0 Å². The summed E-state index contributed by atoms with van der Waals surface area (Å²) >= 11 is 0. The topological polar surface area (TPSA) is 37.3 Å². The Morgan fingerprint density at radius 3 is 1.25 bits per heavy atom. The number of hydrogen-bond acceptors (Lipinski definition) is 1. The molecule has 0 atom stereocenters. The normalized spacial score (nSPS) is 13.1. The molecular formula is C29H36O2P+. The minimum atomic E-state index is -2.06. The monoisotopic (exact) mass is 447 g/mol. The van der Waals surface area contributed by atoms with Crippen molar-refractivity contribution in [2.75, 3.05) is 6.16 Å². The van der Waals surface area contributed by atoms with Crippen LogP contribution in [0.25, 0.3) is 0 Å². The minimum absolute atomic E-state index is 0.274. The van der Waals surface area contributed by atoms with E-state index in [0.717, 1.165) is 6.16 Å². The summed E-state index contributed by atoms with van der Waals surface area (Å²) in [5.41, 5.74) is -1.62. The minimum Gasteiger partial charge on any atom is -0.481 e. The first-order valence-electron chi connectivity index (χ1n) is 11.3. The second-order valence-corrected chi connectivity index (χ2v) is 13.9. The Hall–Kier alpha value is -2.44. The van der Waals surface area contributed by atoms with Gasteiger partial charge in [0, 0.05) is 5.41 Å². The zero-order chi connectivity index (χ0) is 23.6. The van der Waals surface area contributed by atoms with Gasteiger partial charge in [-0.3, -0.25) is 4.79 Å². The molecule has 168 valence electrons. The number of carboxylic acid groups (broad SMARTS) is 1. The summed E-state index contributed by atoms with van der Waals surface area (Å²) in [7, 11) is -2.06. The quantitative estimate of drug-likeness (QED) is 0.421. The van der Waals surface area contributed by atoms with Crippen molar-refractivity contribution in [2.45, 2.75) is 41.5 Å². The molecule has 2 nitrogen and oxygen atoms in total. The Labute approximate surface area is 194 Å². The molecule has 0 bridgehead atoms. The summed E-state index contributed by atoms with van der Waals surface area (Å²) in [6.45, 7) is 12.5. The average Bonchev–Trinajstić information content (AvgIpc) is 2.79. The highest BCUT2D eigenvalue weighted by atomic mass is 31.2. The van der Waals surface area contributed by atoms with Gasteiger partial charge in [0.25, 0.3) is 0 Å². The summed E-state index contributed by atoms with van der Waals surface area (Å²) in [5, 5.41) is 14.1. The third kappa shape index (κ3) is 4.02. The highest BCUT2D eigenvalue weighted by molar-refractivity contribution is 7.95. The fourth-order valence-electron chi connectivity index (χ4n) is 4.67. The molecule has 3 heteroatoms. The number of aliphatic carboxylic acids is 1. The number of hydrogen-bond donors (Lipinski definition) is 1. The van der Waals surface area contributed by atoms with E-state index in [1.165, 1.54) is 15.9 Å². The molecule has 3 aromatic carbocycles. The third-order valence-electron chi connectivity index (χ3n) is 8.01. The van der Waals surface area contributed by atoms with Gasteiger partial charge in [0.15, 0.2) is 0 Å². The number of rotatable bonds is 8. The molecule has 0 heterocycles. The number of carboxylic acids is 1. The van der Waals surface area contributed by atoms with E-state index in [2.05, 4.69) is 119 Å². The van der Waals surface area contributed by atoms with E-state index in [0.29, 0.717) is 0 Å². The SMILES string of the molecule is CC(C)(C[P+](c1ccccc1)(c1ccccc1)c1ccccc1)C(C)(C)C(C)(C)C(=O)O. The van der Waals surface area contributed by atoms with Gasteiger partial charge in [0.2, 0.25) is 0 Å². The van der Waals surface area contributed by atoms with Crippen LogP contribution in [-0.4, -0.2) is 17.2 Å². The molecule has 0 spiro atoms. The van der Waals surface area contributed by atoms with Gasteiger partial charge < -0.3 is 5.11 Å². The molecule has 0 radical (unpaired) electrons. The third-order valence-corrected chi connectivity index (χ3v) is 12.8. The van der Waals surface area contributed by atoms with Crippen molar-refractivity contribution in [3.05, 3.63) is 91.0 Å². The summed E-state index contributed by atoms with van der Waals surface area (Å²) < 4.78 is 0. The van der Waals surface area contributed by atoms with Gasteiger partial charge in [-0.05, 0) is 55.7 Å². The van der Waals surface area contributed by atoms with Crippen LogP contribution in [0.2, 0.25) is 0 Å². The first-order valence-corrected chi connectivity index (χ1v) is 13.2. The van der Waals surface area contributed by atoms with Crippen molar-refractivity contribution in [1.29, 1.82) is 0 Å². The smallest absolute Gasteiger partial charge is 0.309 e. The average molecular weight is 448 g/mol. The molecule has 0 fully saturated rings. The lowest BCUT2D eigenvalue weighted by Crippen LogP contribution is -2.52. The van der Waals surface area contributed by atoms with Gasteiger partial charge >= 0.3 is 5.97 Å². The van der Waals surface area contributed by atoms with Crippen molar-refractivity contribution in [3.63, 3.8) is 0 Å². The van der Waals surface area contributed by atoms with Crippen LogP contribution >= 0.6 is 7.26 Å². The highest BCUT2D eigenvalue weighted by Gasteiger charge is 2.58. The lowest BCUT2D eigenvalue weighted by molar-refractivity contribution is -0.159. The van der Waals surface area contributed by atoms with E-state index in [1.54, 1.807) is 0 Å². The molecule has 0 aromatic heterocycles. The predicted octanol–water partition coefficient (Wildman–Crippen LogP) is 6.14. The molecule has 0 amide bonds. The van der Waals surface area contributed by atoms with Gasteiger partial charge in [-0.15, -0.1) is 0 Å². The van der Waals surface area contributed by atoms with Gasteiger partial charge in [-0.2, -0.15) is 0 Å².